The molecule has 0 saturated carbocycles. The molecule has 6 nitrogen and oxygen atoms in total. The molecule has 26 heavy (non-hydrogen) atoms. The van der Waals surface area contributed by atoms with Crippen LogP contribution in [0.2, 0.25) is 0 Å². The molecule has 2 amide bonds. The summed E-state index contributed by atoms with van der Waals surface area (Å²) >= 11 is 1.52. The van der Waals surface area contributed by atoms with Gasteiger partial charge < -0.3 is 14.9 Å². The maximum absolute atomic E-state index is 12.9. The highest BCUT2D eigenvalue weighted by molar-refractivity contribution is 7.07. The number of piperidine rings is 1. The van der Waals surface area contributed by atoms with E-state index in [1.165, 1.54) is 17.4 Å². The minimum atomic E-state index is -0.157. The molecule has 5 rings (SSSR count). The molecule has 1 N–H and O–H groups in total. The lowest BCUT2D eigenvalue weighted by Gasteiger charge is -2.35. The van der Waals surface area contributed by atoms with Gasteiger partial charge in [0.2, 0.25) is 5.91 Å². The van der Waals surface area contributed by atoms with E-state index in [0.29, 0.717) is 25.2 Å². The van der Waals surface area contributed by atoms with Crippen LogP contribution in [0, 0.1) is 12.8 Å². The maximum atomic E-state index is 12.9. The van der Waals surface area contributed by atoms with Crippen molar-refractivity contribution in [1.29, 1.82) is 0 Å². The third-order valence-electron chi connectivity index (χ3n) is 5.35. The van der Waals surface area contributed by atoms with Crippen LogP contribution in [0.3, 0.4) is 0 Å². The number of thiazole rings is 1. The van der Waals surface area contributed by atoms with Crippen molar-refractivity contribution in [3.05, 3.63) is 45.9 Å². The summed E-state index contributed by atoms with van der Waals surface area (Å²) in [6, 6.07) is 5.01. The highest BCUT2D eigenvalue weighted by Gasteiger charge is 2.42. The Morgan fingerprint density at radius 3 is 2.92 bits per heavy atom. The smallest absolute Gasteiger partial charge is 0.254 e. The van der Waals surface area contributed by atoms with Gasteiger partial charge in [-0.25, -0.2) is 4.98 Å². The molecule has 0 unspecified atom stereocenters. The number of carbonyl (C=O) groups is 2. The third kappa shape index (κ3) is 3.07. The Labute approximate surface area is 156 Å². The first kappa shape index (κ1) is 17.0. The van der Waals surface area contributed by atoms with Crippen LogP contribution in [0.15, 0.2) is 29.1 Å². The van der Waals surface area contributed by atoms with Gasteiger partial charge >= 0.3 is 0 Å². The molecule has 0 aliphatic carbocycles. The van der Waals surface area contributed by atoms with Crippen molar-refractivity contribution < 1.29 is 14.7 Å². The van der Waals surface area contributed by atoms with Crippen LogP contribution >= 0.6 is 11.3 Å². The Bertz CT molecular complexity index is 837. The molecule has 0 radical (unpaired) electrons. The molecule has 7 heteroatoms. The topological polar surface area (TPSA) is 73.7 Å². The van der Waals surface area contributed by atoms with Gasteiger partial charge in [-0.15, -0.1) is 11.3 Å². The molecular weight excluding hydrogens is 350 g/mol. The van der Waals surface area contributed by atoms with Gasteiger partial charge in [-0.3, -0.25) is 9.59 Å². The average molecular weight is 371 g/mol. The number of amides is 2. The lowest BCUT2D eigenvalue weighted by Crippen LogP contribution is -2.47. The van der Waals surface area contributed by atoms with E-state index in [2.05, 4.69) is 4.98 Å². The molecule has 2 bridgehead atoms. The standard InChI is InChI=1S/C19H21N3O3S/c1-12-2-3-13(6-17(12)23)18(24)21-7-14-4-5-16(9-21)22(19(14)25)8-15-10-26-11-20-15/h2-3,6,10-11,14,16,23H,4-5,7-9H2,1H3/t14-,16+/m1/s1. The molecule has 3 aliphatic heterocycles. The van der Waals surface area contributed by atoms with Crippen LogP contribution in [0.4, 0.5) is 0 Å². The molecule has 2 atom stereocenters. The third-order valence-corrected chi connectivity index (χ3v) is 5.99. The van der Waals surface area contributed by atoms with Gasteiger partial charge in [0, 0.05) is 30.1 Å². The van der Waals surface area contributed by atoms with E-state index in [1.54, 1.807) is 29.5 Å². The van der Waals surface area contributed by atoms with Crippen molar-refractivity contribution in [2.45, 2.75) is 32.4 Å². The normalized spacial score (nSPS) is 22.6. The maximum Gasteiger partial charge on any atom is 0.254 e. The van der Waals surface area contributed by atoms with E-state index in [0.717, 1.165) is 24.1 Å². The average Bonchev–Trinajstić information content (AvgIpc) is 3.00. The number of benzene rings is 1. The van der Waals surface area contributed by atoms with E-state index in [4.69, 9.17) is 0 Å². The highest BCUT2D eigenvalue weighted by Crippen LogP contribution is 2.31. The number of aryl methyl sites for hydroxylation is 1. The fourth-order valence-corrected chi connectivity index (χ4v) is 4.38. The second-order valence-electron chi connectivity index (χ2n) is 7.09. The molecule has 1 aromatic carbocycles. The Morgan fingerprint density at radius 1 is 1.35 bits per heavy atom. The molecule has 136 valence electrons. The zero-order valence-electron chi connectivity index (χ0n) is 14.6. The van der Waals surface area contributed by atoms with E-state index in [1.807, 2.05) is 10.3 Å². The highest BCUT2D eigenvalue weighted by atomic mass is 32.1. The largest absolute Gasteiger partial charge is 0.508 e. The SMILES string of the molecule is Cc1ccc(C(=O)N2C[C@H]3CC[C@@H](C2)N(Cc2cscn2)C3=O)cc1O. The first-order valence-corrected chi connectivity index (χ1v) is 9.73. The number of nitrogens with zero attached hydrogens (tertiary/aromatic N) is 3. The Kier molecular flexibility index (Phi) is 4.40. The van der Waals surface area contributed by atoms with Gasteiger partial charge in [-0.1, -0.05) is 6.07 Å². The number of hydrogen-bond donors (Lipinski definition) is 1. The van der Waals surface area contributed by atoms with Crippen molar-refractivity contribution in [1.82, 2.24) is 14.8 Å². The fourth-order valence-electron chi connectivity index (χ4n) is 3.83. The van der Waals surface area contributed by atoms with Crippen molar-refractivity contribution in [2.75, 3.05) is 13.1 Å². The van der Waals surface area contributed by atoms with Gasteiger partial charge in [0.15, 0.2) is 0 Å². The zero-order chi connectivity index (χ0) is 18.3. The monoisotopic (exact) mass is 371 g/mol. The Morgan fingerprint density at radius 2 is 2.19 bits per heavy atom. The molecule has 0 spiro atoms. The van der Waals surface area contributed by atoms with Crippen LogP contribution in [0.1, 0.15) is 34.5 Å². The van der Waals surface area contributed by atoms with Crippen LogP contribution in [-0.2, 0) is 11.3 Å². The summed E-state index contributed by atoms with van der Waals surface area (Å²) in [6.45, 7) is 3.28. The molecule has 1 aromatic heterocycles. The first-order valence-electron chi connectivity index (χ1n) is 8.79. The number of rotatable bonds is 3. The van der Waals surface area contributed by atoms with Crippen molar-refractivity contribution >= 4 is 23.2 Å². The van der Waals surface area contributed by atoms with Gasteiger partial charge in [-0.2, -0.15) is 0 Å². The summed E-state index contributed by atoms with van der Waals surface area (Å²) in [7, 11) is 0. The number of phenols is 1. The summed E-state index contributed by atoms with van der Waals surface area (Å²) < 4.78 is 0. The molecular formula is C19H21N3O3S. The number of carbonyl (C=O) groups excluding carboxylic acids is 2. The van der Waals surface area contributed by atoms with Crippen molar-refractivity contribution in [3.8, 4) is 5.75 Å². The van der Waals surface area contributed by atoms with Crippen LogP contribution in [-0.4, -0.2) is 50.8 Å². The molecule has 2 aromatic rings. The lowest BCUT2D eigenvalue weighted by atomic mass is 9.94. The molecule has 3 fully saturated rings. The lowest BCUT2D eigenvalue weighted by molar-refractivity contribution is -0.140. The van der Waals surface area contributed by atoms with Crippen LogP contribution in [0.25, 0.3) is 0 Å². The summed E-state index contributed by atoms with van der Waals surface area (Å²) in [5.41, 5.74) is 3.88. The van der Waals surface area contributed by atoms with E-state index in [9.17, 15) is 14.7 Å². The van der Waals surface area contributed by atoms with Gasteiger partial charge in [0.1, 0.15) is 5.75 Å². The van der Waals surface area contributed by atoms with Crippen molar-refractivity contribution in [2.24, 2.45) is 5.92 Å². The number of fused-ring (bicyclic) bond motifs is 4. The van der Waals surface area contributed by atoms with Crippen LogP contribution in [0.5, 0.6) is 5.75 Å². The van der Waals surface area contributed by atoms with E-state index < -0.39 is 0 Å². The summed E-state index contributed by atoms with van der Waals surface area (Å²) in [5.74, 6) is -0.0397. The summed E-state index contributed by atoms with van der Waals surface area (Å²) in [6.07, 6.45) is 1.73. The minimum absolute atomic E-state index is 0.0194. The zero-order valence-corrected chi connectivity index (χ0v) is 15.4. The first-order chi connectivity index (χ1) is 12.5. The van der Waals surface area contributed by atoms with E-state index >= 15 is 0 Å². The second-order valence-corrected chi connectivity index (χ2v) is 7.80. The second kappa shape index (κ2) is 6.72. The van der Waals surface area contributed by atoms with Gasteiger partial charge in [0.05, 0.1) is 23.7 Å². The van der Waals surface area contributed by atoms with Gasteiger partial charge in [0.25, 0.3) is 5.91 Å². The van der Waals surface area contributed by atoms with Crippen LogP contribution < -0.4 is 0 Å². The van der Waals surface area contributed by atoms with Crippen molar-refractivity contribution in [3.63, 3.8) is 0 Å². The predicted octanol–water partition coefficient (Wildman–Crippen LogP) is 2.42. The summed E-state index contributed by atoms with van der Waals surface area (Å²) in [4.78, 5) is 33.8. The Hall–Kier alpha value is -2.41. The molecule has 3 saturated heterocycles. The van der Waals surface area contributed by atoms with Gasteiger partial charge in [-0.05, 0) is 37.5 Å². The van der Waals surface area contributed by atoms with E-state index in [-0.39, 0.29) is 29.5 Å². The summed E-state index contributed by atoms with van der Waals surface area (Å²) in [5, 5.41) is 11.9. The number of aromatic hydroxyl groups is 1. The quantitative estimate of drug-likeness (QED) is 0.899. The predicted molar refractivity (Wildman–Crippen MR) is 97.9 cm³/mol. The molecule has 4 heterocycles. The number of aromatic nitrogens is 1. The number of hydrogen-bond acceptors (Lipinski definition) is 5. The minimum Gasteiger partial charge on any atom is -0.508 e. The molecule has 3 aliphatic rings. The Balaban J connectivity index is 1.56. The number of phenolic OH excluding ortho intramolecular Hbond substituents is 1. The fraction of sp³-hybridized carbons (Fsp3) is 0.421.